The number of allylic oxidation sites excluding steroid dienone is 6. The van der Waals surface area contributed by atoms with Crippen LogP contribution in [0.2, 0.25) is 0 Å². The third kappa shape index (κ3) is 35.1. The lowest BCUT2D eigenvalue weighted by atomic mass is 10.0. The molecule has 0 spiro atoms. The summed E-state index contributed by atoms with van der Waals surface area (Å²) in [6.45, 7) is 2.61. The number of ether oxygens (including phenoxy) is 2. The second-order valence-corrected chi connectivity index (χ2v) is 15.1. The van der Waals surface area contributed by atoms with Crippen LogP contribution in [0.1, 0.15) is 155 Å². The molecule has 0 amide bonds. The van der Waals surface area contributed by atoms with Crippen molar-refractivity contribution in [2.75, 3.05) is 19.8 Å². The maximum Gasteiger partial charge on any atom is 0.472 e. The Balaban J connectivity index is 4.58. The van der Waals surface area contributed by atoms with E-state index in [0.717, 1.165) is 25.7 Å². The number of nitrogens with two attached hydrogens (primary N) is 1. The Morgan fingerprint density at radius 2 is 1.22 bits per heavy atom. The highest BCUT2D eigenvalue weighted by Gasteiger charge is 2.28. The highest BCUT2D eigenvalue weighted by molar-refractivity contribution is 7.47. The molecule has 54 heavy (non-hydrogen) atoms. The lowest BCUT2D eigenvalue weighted by Crippen LogP contribution is -2.34. The SMILES string of the molecule is CCCCC/C=C\C=C/[C@H](O)C/C=C\C/C=C/CCCC(=O)O[C@H](COC(=O)CCCCCCCCCCCCCC)COP(=O)(O)OC[C@H](N)C(=O)O. The van der Waals surface area contributed by atoms with E-state index in [4.69, 9.17) is 24.8 Å². The highest BCUT2D eigenvalue weighted by Crippen LogP contribution is 2.43. The summed E-state index contributed by atoms with van der Waals surface area (Å²) in [5.41, 5.74) is 5.31. The lowest BCUT2D eigenvalue weighted by molar-refractivity contribution is -0.161. The Morgan fingerprint density at radius 3 is 1.87 bits per heavy atom. The van der Waals surface area contributed by atoms with E-state index >= 15 is 0 Å². The van der Waals surface area contributed by atoms with Crippen LogP contribution in [0.5, 0.6) is 0 Å². The zero-order valence-electron chi connectivity index (χ0n) is 33.2. The van der Waals surface area contributed by atoms with E-state index in [1.165, 1.54) is 70.6 Å². The normalized spacial score (nSPS) is 14.9. The van der Waals surface area contributed by atoms with Crippen molar-refractivity contribution in [3.63, 3.8) is 0 Å². The number of aliphatic hydroxyl groups is 1. The number of aliphatic carboxylic acids is 1. The van der Waals surface area contributed by atoms with Crippen LogP contribution in [-0.4, -0.2) is 71.1 Å². The molecule has 0 aromatic carbocycles. The van der Waals surface area contributed by atoms with Gasteiger partial charge in [-0.3, -0.25) is 23.4 Å². The number of carboxylic acid groups (broad SMARTS) is 1. The minimum atomic E-state index is -4.74. The Labute approximate surface area is 325 Å². The first kappa shape index (κ1) is 51.4. The lowest BCUT2D eigenvalue weighted by Gasteiger charge is -2.20. The third-order valence-corrected chi connectivity index (χ3v) is 9.36. The Bertz CT molecular complexity index is 1120. The van der Waals surface area contributed by atoms with Crippen molar-refractivity contribution in [3.8, 4) is 0 Å². The molecule has 0 saturated carbocycles. The van der Waals surface area contributed by atoms with E-state index in [-0.39, 0.29) is 19.4 Å². The first-order valence-electron chi connectivity index (χ1n) is 20.3. The molecule has 4 atom stereocenters. The van der Waals surface area contributed by atoms with Crippen LogP contribution in [0.4, 0.5) is 0 Å². The first-order chi connectivity index (χ1) is 26.0. The van der Waals surface area contributed by atoms with Gasteiger partial charge in [0.05, 0.1) is 19.3 Å². The molecule has 0 aliphatic heterocycles. The summed E-state index contributed by atoms with van der Waals surface area (Å²) < 4.78 is 32.5. The van der Waals surface area contributed by atoms with Gasteiger partial charge in [0.15, 0.2) is 6.10 Å². The van der Waals surface area contributed by atoms with E-state index in [1.807, 2.05) is 36.5 Å². The number of aliphatic hydroxyl groups excluding tert-OH is 1. The number of phosphoric acid groups is 1. The standard InChI is InChI=1S/C41H72NO11P/c1-3-5-7-9-11-12-13-14-15-19-23-27-31-39(44)50-33-37(34-51-54(48,49)52-35-38(42)41(46)47)53-40(45)32-28-24-20-16-18-22-26-30-36(43)29-25-21-17-10-8-6-4-2/h16-17,20-22,25-26,29,36-38,43H,3-15,18-19,23-24,27-28,30-35,42H2,1-2H3,(H,46,47)(H,48,49)/b20-16+,21-17-,26-22-,29-25-/t36-,37+,38-/m0/s1. The van der Waals surface area contributed by atoms with Crippen molar-refractivity contribution >= 4 is 25.7 Å². The predicted octanol–water partition coefficient (Wildman–Crippen LogP) is 9.19. The number of hydrogen-bond acceptors (Lipinski definition) is 10. The second-order valence-electron chi connectivity index (χ2n) is 13.6. The molecule has 0 aliphatic rings. The number of phosphoric ester groups is 1. The zero-order chi connectivity index (χ0) is 40.1. The van der Waals surface area contributed by atoms with Gasteiger partial charge >= 0.3 is 25.7 Å². The molecule has 0 aliphatic carbocycles. The molecule has 5 N–H and O–H groups in total. The average Bonchev–Trinajstić information content (AvgIpc) is 3.14. The van der Waals surface area contributed by atoms with Gasteiger partial charge in [0.2, 0.25) is 0 Å². The molecule has 1 unspecified atom stereocenters. The largest absolute Gasteiger partial charge is 0.480 e. The van der Waals surface area contributed by atoms with Crippen molar-refractivity contribution in [2.45, 2.75) is 173 Å². The van der Waals surface area contributed by atoms with E-state index in [1.54, 1.807) is 6.08 Å². The molecule has 0 saturated heterocycles. The zero-order valence-corrected chi connectivity index (χ0v) is 34.1. The molecule has 312 valence electrons. The molecule has 0 radical (unpaired) electrons. The molecule has 0 fully saturated rings. The summed E-state index contributed by atoms with van der Waals surface area (Å²) in [5, 5.41) is 18.9. The van der Waals surface area contributed by atoms with Crippen molar-refractivity contribution < 1.29 is 52.6 Å². The van der Waals surface area contributed by atoms with Crippen LogP contribution >= 0.6 is 7.82 Å². The number of unbranched alkanes of at least 4 members (excludes halogenated alkanes) is 15. The maximum absolute atomic E-state index is 12.6. The molecule has 0 aromatic heterocycles. The summed E-state index contributed by atoms with van der Waals surface area (Å²) in [7, 11) is -4.74. The van der Waals surface area contributed by atoms with E-state index in [0.29, 0.717) is 32.1 Å². The van der Waals surface area contributed by atoms with Gasteiger partial charge in [-0.1, -0.05) is 146 Å². The minimum Gasteiger partial charge on any atom is -0.480 e. The molecular formula is C41H72NO11P. The van der Waals surface area contributed by atoms with Crippen LogP contribution in [0.25, 0.3) is 0 Å². The number of carbonyl (C=O) groups excluding carboxylic acids is 2. The number of esters is 2. The van der Waals surface area contributed by atoms with Gasteiger partial charge in [0.1, 0.15) is 12.6 Å². The summed E-state index contributed by atoms with van der Waals surface area (Å²) in [6.07, 6.45) is 35.0. The summed E-state index contributed by atoms with van der Waals surface area (Å²) in [6, 6.07) is -1.54. The van der Waals surface area contributed by atoms with Gasteiger partial charge < -0.3 is 30.3 Å². The van der Waals surface area contributed by atoms with Crippen molar-refractivity contribution in [2.24, 2.45) is 5.73 Å². The number of carboxylic acids is 1. The number of rotatable bonds is 37. The van der Waals surface area contributed by atoms with Gasteiger partial charge in [0, 0.05) is 12.8 Å². The van der Waals surface area contributed by atoms with Crippen LogP contribution in [-0.2, 0) is 37.5 Å². The van der Waals surface area contributed by atoms with Crippen LogP contribution < -0.4 is 5.73 Å². The maximum atomic E-state index is 12.6. The molecule has 0 aromatic rings. The fourth-order valence-corrected chi connectivity index (χ4v) is 5.91. The number of hydrogen-bond donors (Lipinski definition) is 4. The Hall–Kier alpha value is -2.60. The fraction of sp³-hybridized carbons (Fsp3) is 0.732. The molecule has 13 heteroatoms. The van der Waals surface area contributed by atoms with E-state index in [2.05, 4.69) is 24.4 Å². The summed E-state index contributed by atoms with van der Waals surface area (Å²) in [5.74, 6) is -2.50. The smallest absolute Gasteiger partial charge is 0.472 e. The fourth-order valence-electron chi connectivity index (χ4n) is 5.14. The molecular weight excluding hydrogens is 713 g/mol. The molecule has 0 heterocycles. The predicted molar refractivity (Wildman–Crippen MR) is 214 cm³/mol. The van der Waals surface area contributed by atoms with Gasteiger partial charge in [-0.25, -0.2) is 4.57 Å². The van der Waals surface area contributed by atoms with Crippen molar-refractivity contribution in [1.82, 2.24) is 0 Å². The van der Waals surface area contributed by atoms with Gasteiger partial charge in [-0.2, -0.15) is 0 Å². The highest BCUT2D eigenvalue weighted by atomic mass is 31.2. The second kappa shape index (κ2) is 36.1. The molecule has 0 bridgehead atoms. The third-order valence-electron chi connectivity index (χ3n) is 8.41. The molecule has 12 nitrogen and oxygen atoms in total. The van der Waals surface area contributed by atoms with Gasteiger partial charge in [0.25, 0.3) is 0 Å². The Kier molecular flexibility index (Phi) is 34.3. The van der Waals surface area contributed by atoms with Crippen LogP contribution in [0, 0.1) is 0 Å². The quantitative estimate of drug-likeness (QED) is 0.0154. The van der Waals surface area contributed by atoms with Crippen LogP contribution in [0.3, 0.4) is 0 Å². The van der Waals surface area contributed by atoms with Gasteiger partial charge in [-0.15, -0.1) is 0 Å². The van der Waals surface area contributed by atoms with Crippen molar-refractivity contribution in [1.29, 1.82) is 0 Å². The minimum absolute atomic E-state index is 0.0514. The topological polar surface area (TPSA) is 192 Å². The van der Waals surface area contributed by atoms with Gasteiger partial charge in [-0.05, 0) is 44.9 Å². The van der Waals surface area contributed by atoms with Crippen LogP contribution in [0.15, 0.2) is 48.6 Å². The molecule has 0 rings (SSSR count). The average molecular weight is 786 g/mol. The number of carbonyl (C=O) groups is 3. The monoisotopic (exact) mass is 785 g/mol. The summed E-state index contributed by atoms with van der Waals surface area (Å²) in [4.78, 5) is 45.8. The van der Waals surface area contributed by atoms with Crippen molar-refractivity contribution in [3.05, 3.63) is 48.6 Å². The first-order valence-corrected chi connectivity index (χ1v) is 21.8. The van der Waals surface area contributed by atoms with E-state index < -0.39 is 57.2 Å². The Morgan fingerprint density at radius 1 is 0.667 bits per heavy atom. The summed E-state index contributed by atoms with van der Waals surface area (Å²) >= 11 is 0. The van der Waals surface area contributed by atoms with E-state index in [9.17, 15) is 28.9 Å².